The largest absolute Gasteiger partial charge is 0.375 e. The first kappa shape index (κ1) is 14.0. The number of carbonyl (C=O) groups excluding carboxylic acids is 1. The van der Waals surface area contributed by atoms with E-state index in [-0.39, 0.29) is 11.5 Å². The lowest BCUT2D eigenvalue weighted by Gasteiger charge is -2.48. The van der Waals surface area contributed by atoms with Gasteiger partial charge in [0.15, 0.2) is 5.78 Å². The monoisotopic (exact) mass is 254 g/mol. The van der Waals surface area contributed by atoms with Crippen molar-refractivity contribution in [3.63, 3.8) is 0 Å². The van der Waals surface area contributed by atoms with E-state index in [1.54, 1.807) is 0 Å². The van der Waals surface area contributed by atoms with Gasteiger partial charge in [0.1, 0.15) is 5.60 Å². The highest BCUT2D eigenvalue weighted by atomic mass is 16.5. The van der Waals surface area contributed by atoms with Gasteiger partial charge in [0.05, 0.1) is 5.60 Å². The molecule has 3 heteroatoms. The van der Waals surface area contributed by atoms with Crippen molar-refractivity contribution in [1.29, 1.82) is 0 Å². The summed E-state index contributed by atoms with van der Waals surface area (Å²) in [5.41, 5.74) is -0.554. The van der Waals surface area contributed by atoms with Crippen LogP contribution in [-0.2, 0) is 14.3 Å². The minimum atomic E-state index is -0.596. The van der Waals surface area contributed by atoms with E-state index in [1.165, 1.54) is 6.42 Å². The maximum atomic E-state index is 12.7. The Morgan fingerprint density at radius 2 is 2.17 bits per heavy atom. The second kappa shape index (κ2) is 5.30. The molecule has 1 aliphatic heterocycles. The summed E-state index contributed by atoms with van der Waals surface area (Å²) < 4.78 is 11.6. The third kappa shape index (κ3) is 2.48. The third-order valence-corrected chi connectivity index (χ3v) is 4.79. The predicted molar refractivity (Wildman–Crippen MR) is 70.6 cm³/mol. The fourth-order valence-corrected chi connectivity index (χ4v) is 3.27. The van der Waals surface area contributed by atoms with Gasteiger partial charge in [0.25, 0.3) is 0 Å². The molecule has 1 saturated carbocycles. The van der Waals surface area contributed by atoms with Crippen molar-refractivity contribution in [3.8, 4) is 0 Å². The van der Waals surface area contributed by atoms with Crippen molar-refractivity contribution in [2.45, 2.75) is 70.5 Å². The lowest BCUT2D eigenvalue weighted by Crippen LogP contribution is -2.51. The van der Waals surface area contributed by atoms with Crippen molar-refractivity contribution in [1.82, 2.24) is 0 Å². The Labute approximate surface area is 110 Å². The lowest BCUT2D eigenvalue weighted by atomic mass is 9.69. The molecule has 2 unspecified atom stereocenters. The van der Waals surface area contributed by atoms with Crippen molar-refractivity contribution in [3.05, 3.63) is 0 Å². The molecular weight excluding hydrogens is 228 g/mol. The SMILES string of the molecule is CCOC(C)(CC)C(=O)C1CCOC2(CCC2)C1. The van der Waals surface area contributed by atoms with Crippen LogP contribution in [0.3, 0.4) is 0 Å². The van der Waals surface area contributed by atoms with Gasteiger partial charge < -0.3 is 9.47 Å². The van der Waals surface area contributed by atoms with Crippen LogP contribution in [0.4, 0.5) is 0 Å². The van der Waals surface area contributed by atoms with Crippen LogP contribution in [0.15, 0.2) is 0 Å². The van der Waals surface area contributed by atoms with Crippen molar-refractivity contribution in [2.75, 3.05) is 13.2 Å². The van der Waals surface area contributed by atoms with Crippen LogP contribution in [0.1, 0.15) is 59.3 Å². The highest BCUT2D eigenvalue weighted by Crippen LogP contribution is 2.45. The lowest BCUT2D eigenvalue weighted by molar-refractivity contribution is -0.169. The summed E-state index contributed by atoms with van der Waals surface area (Å²) in [6.07, 6.45) is 6.04. The molecule has 2 fully saturated rings. The molecule has 104 valence electrons. The highest BCUT2D eigenvalue weighted by molar-refractivity contribution is 5.89. The molecule has 2 aliphatic rings. The van der Waals surface area contributed by atoms with Crippen LogP contribution in [0, 0.1) is 5.92 Å². The van der Waals surface area contributed by atoms with Crippen LogP contribution >= 0.6 is 0 Å². The van der Waals surface area contributed by atoms with E-state index in [9.17, 15) is 4.79 Å². The van der Waals surface area contributed by atoms with Crippen LogP contribution in [0.25, 0.3) is 0 Å². The average molecular weight is 254 g/mol. The van der Waals surface area contributed by atoms with Gasteiger partial charge in [0.2, 0.25) is 0 Å². The number of ketones is 1. The molecular formula is C15H26O3. The normalized spacial score (nSPS) is 29.6. The average Bonchev–Trinajstić information content (AvgIpc) is 2.36. The minimum absolute atomic E-state index is 0.0411. The summed E-state index contributed by atoms with van der Waals surface area (Å²) in [6, 6.07) is 0. The zero-order valence-electron chi connectivity index (χ0n) is 12.0. The molecule has 1 saturated heterocycles. The summed E-state index contributed by atoms with van der Waals surface area (Å²) in [5, 5.41) is 0. The number of rotatable bonds is 5. The summed E-state index contributed by atoms with van der Waals surface area (Å²) in [5.74, 6) is 0.428. The molecule has 0 aromatic carbocycles. The number of hydrogen-bond donors (Lipinski definition) is 0. The molecule has 3 nitrogen and oxygen atoms in total. The van der Waals surface area contributed by atoms with E-state index in [0.29, 0.717) is 12.4 Å². The van der Waals surface area contributed by atoms with E-state index in [4.69, 9.17) is 9.47 Å². The highest BCUT2D eigenvalue weighted by Gasteiger charge is 2.47. The molecule has 18 heavy (non-hydrogen) atoms. The zero-order chi connectivity index (χ0) is 13.2. The van der Waals surface area contributed by atoms with Gasteiger partial charge in [-0.05, 0) is 52.4 Å². The molecule has 0 aromatic rings. The van der Waals surface area contributed by atoms with E-state index >= 15 is 0 Å². The smallest absolute Gasteiger partial charge is 0.167 e. The first-order chi connectivity index (χ1) is 8.55. The van der Waals surface area contributed by atoms with Crippen LogP contribution < -0.4 is 0 Å². The van der Waals surface area contributed by atoms with Gasteiger partial charge in [-0.2, -0.15) is 0 Å². The second-order valence-corrected chi connectivity index (χ2v) is 5.96. The van der Waals surface area contributed by atoms with Gasteiger partial charge in [-0.1, -0.05) is 6.92 Å². The minimum Gasteiger partial charge on any atom is -0.375 e. The Hall–Kier alpha value is -0.410. The maximum Gasteiger partial charge on any atom is 0.167 e. The molecule has 0 bridgehead atoms. The molecule has 0 amide bonds. The molecule has 1 spiro atoms. The van der Waals surface area contributed by atoms with Crippen LogP contribution in [0.2, 0.25) is 0 Å². The van der Waals surface area contributed by atoms with Gasteiger partial charge in [-0.25, -0.2) is 0 Å². The Bertz CT molecular complexity index is 309. The first-order valence-electron chi connectivity index (χ1n) is 7.37. The molecule has 1 heterocycles. The Kier molecular flexibility index (Phi) is 4.12. The van der Waals surface area contributed by atoms with Crippen LogP contribution in [-0.4, -0.2) is 30.2 Å². The van der Waals surface area contributed by atoms with Gasteiger partial charge in [-0.15, -0.1) is 0 Å². The fraction of sp³-hybridized carbons (Fsp3) is 0.933. The second-order valence-electron chi connectivity index (χ2n) is 5.96. The molecule has 0 radical (unpaired) electrons. The van der Waals surface area contributed by atoms with Crippen molar-refractivity contribution in [2.24, 2.45) is 5.92 Å². The standard InChI is InChI=1S/C15H26O3/c1-4-14(3,17-5-2)13(16)12-7-10-18-15(11-12)8-6-9-15/h12H,4-11H2,1-3H3. The molecule has 2 atom stereocenters. The predicted octanol–water partition coefficient (Wildman–Crippen LogP) is 3.11. The summed E-state index contributed by atoms with van der Waals surface area (Å²) in [4.78, 5) is 12.7. The Morgan fingerprint density at radius 3 is 2.67 bits per heavy atom. The van der Waals surface area contributed by atoms with E-state index < -0.39 is 5.60 Å². The number of carbonyl (C=O) groups is 1. The summed E-state index contributed by atoms with van der Waals surface area (Å²) >= 11 is 0. The molecule has 1 aliphatic carbocycles. The topological polar surface area (TPSA) is 35.5 Å². The Balaban J connectivity index is 2.03. The summed E-state index contributed by atoms with van der Waals surface area (Å²) in [6.45, 7) is 7.28. The van der Waals surface area contributed by atoms with Gasteiger partial charge in [0, 0.05) is 19.1 Å². The van der Waals surface area contributed by atoms with Crippen LogP contribution in [0.5, 0.6) is 0 Å². The van der Waals surface area contributed by atoms with E-state index in [1.807, 2.05) is 20.8 Å². The van der Waals surface area contributed by atoms with Crippen molar-refractivity contribution < 1.29 is 14.3 Å². The number of Topliss-reactive ketones (excluding diaryl/α,β-unsaturated/α-hetero) is 1. The number of hydrogen-bond acceptors (Lipinski definition) is 3. The van der Waals surface area contributed by atoms with E-state index in [0.717, 1.165) is 38.7 Å². The molecule has 2 rings (SSSR count). The van der Waals surface area contributed by atoms with E-state index in [2.05, 4.69) is 0 Å². The van der Waals surface area contributed by atoms with Crippen molar-refractivity contribution >= 4 is 5.78 Å². The van der Waals surface area contributed by atoms with Gasteiger partial charge >= 0.3 is 0 Å². The Morgan fingerprint density at radius 1 is 1.44 bits per heavy atom. The maximum absolute atomic E-state index is 12.7. The third-order valence-electron chi connectivity index (χ3n) is 4.79. The number of ether oxygens (including phenoxy) is 2. The zero-order valence-corrected chi connectivity index (χ0v) is 12.0. The molecule has 0 aromatic heterocycles. The first-order valence-corrected chi connectivity index (χ1v) is 7.37. The molecule has 0 N–H and O–H groups in total. The quantitative estimate of drug-likeness (QED) is 0.756. The van der Waals surface area contributed by atoms with Gasteiger partial charge in [-0.3, -0.25) is 4.79 Å². The summed E-state index contributed by atoms with van der Waals surface area (Å²) in [7, 11) is 0. The fourth-order valence-electron chi connectivity index (χ4n) is 3.27.